The molecule has 0 bridgehead atoms. The van der Waals surface area contributed by atoms with Crippen molar-refractivity contribution in [3.8, 4) is 17.2 Å². The third kappa shape index (κ3) is 5.53. The number of fused-ring (bicyclic) bond motifs is 1. The molecule has 3 N–H and O–H groups in total. The van der Waals surface area contributed by atoms with Gasteiger partial charge >= 0.3 is 6.03 Å². The maximum Gasteiger partial charge on any atom is 0.324 e. The zero-order valence-electron chi connectivity index (χ0n) is 22.7. The summed E-state index contributed by atoms with van der Waals surface area (Å²) in [6.07, 6.45) is 1.48. The summed E-state index contributed by atoms with van der Waals surface area (Å²) in [6.45, 7) is 9.65. The van der Waals surface area contributed by atoms with Gasteiger partial charge in [-0.25, -0.2) is 23.8 Å². The van der Waals surface area contributed by atoms with Crippen molar-refractivity contribution in [1.82, 2.24) is 24.7 Å². The van der Waals surface area contributed by atoms with Crippen molar-refractivity contribution in [2.45, 2.75) is 40.0 Å². The molecule has 2 aromatic carbocycles. The van der Waals surface area contributed by atoms with Crippen LogP contribution in [-0.2, 0) is 5.41 Å². The Morgan fingerprint density at radius 1 is 1.02 bits per heavy atom. The SMILES string of the molecule is Cc1ccc(-n2nc(C(C)(C)C)cc2NC(=O)Nc2ccc(Oc3ccnc4nc(C)c(=O)[nH]c34)cc2F)cc1. The average Bonchev–Trinajstić information content (AvgIpc) is 3.31. The number of amides is 2. The van der Waals surface area contributed by atoms with Gasteiger partial charge in [0.1, 0.15) is 28.6 Å². The summed E-state index contributed by atoms with van der Waals surface area (Å²) >= 11 is 0. The van der Waals surface area contributed by atoms with Gasteiger partial charge in [0.25, 0.3) is 5.56 Å². The van der Waals surface area contributed by atoms with Crippen LogP contribution in [-0.4, -0.2) is 30.8 Å². The number of urea groups is 1. The second-order valence-electron chi connectivity index (χ2n) is 10.4. The van der Waals surface area contributed by atoms with Crippen molar-refractivity contribution >= 4 is 28.7 Å². The second-order valence-corrected chi connectivity index (χ2v) is 10.4. The molecule has 5 aromatic rings. The van der Waals surface area contributed by atoms with E-state index >= 15 is 4.39 Å². The monoisotopic (exact) mass is 541 g/mol. The van der Waals surface area contributed by atoms with E-state index < -0.39 is 11.8 Å². The molecule has 11 heteroatoms. The maximum atomic E-state index is 15.0. The Hall–Kier alpha value is -5.06. The Balaban J connectivity index is 1.35. The molecule has 3 aromatic heterocycles. The van der Waals surface area contributed by atoms with E-state index in [9.17, 15) is 9.59 Å². The molecule has 0 radical (unpaired) electrons. The summed E-state index contributed by atoms with van der Waals surface area (Å²) in [5.74, 6) is 0.140. The fourth-order valence-corrected chi connectivity index (χ4v) is 3.91. The summed E-state index contributed by atoms with van der Waals surface area (Å²) in [4.78, 5) is 35.9. The van der Waals surface area contributed by atoms with Crippen molar-refractivity contribution in [2.24, 2.45) is 0 Å². The summed E-state index contributed by atoms with van der Waals surface area (Å²) < 4.78 is 22.4. The molecule has 2 amide bonds. The van der Waals surface area contributed by atoms with Crippen molar-refractivity contribution in [1.29, 1.82) is 0 Å². The molecule has 0 fully saturated rings. The highest BCUT2D eigenvalue weighted by Crippen LogP contribution is 2.30. The third-order valence-corrected chi connectivity index (χ3v) is 6.15. The average molecular weight is 542 g/mol. The first-order chi connectivity index (χ1) is 19.0. The lowest BCUT2D eigenvalue weighted by atomic mass is 9.92. The molecule has 0 atom stereocenters. The fraction of sp³-hybridized carbons (Fsp3) is 0.207. The molecule has 10 nitrogen and oxygen atoms in total. The maximum absolute atomic E-state index is 15.0. The van der Waals surface area contributed by atoms with E-state index in [1.807, 2.05) is 52.0 Å². The first-order valence-corrected chi connectivity index (χ1v) is 12.6. The summed E-state index contributed by atoms with van der Waals surface area (Å²) in [7, 11) is 0. The molecular weight excluding hydrogens is 513 g/mol. The van der Waals surface area contributed by atoms with Crippen molar-refractivity contribution in [3.63, 3.8) is 0 Å². The van der Waals surface area contributed by atoms with Gasteiger partial charge in [-0.3, -0.25) is 10.1 Å². The van der Waals surface area contributed by atoms with Crippen molar-refractivity contribution < 1.29 is 13.9 Å². The normalized spacial score (nSPS) is 11.4. The van der Waals surface area contributed by atoms with Crippen molar-refractivity contribution in [3.05, 3.63) is 93.9 Å². The van der Waals surface area contributed by atoms with Gasteiger partial charge in [-0.2, -0.15) is 5.10 Å². The quantitative estimate of drug-likeness (QED) is 0.251. The highest BCUT2D eigenvalue weighted by Gasteiger charge is 2.22. The van der Waals surface area contributed by atoms with E-state index in [1.165, 1.54) is 24.4 Å². The Kier molecular flexibility index (Phi) is 6.80. The zero-order valence-corrected chi connectivity index (χ0v) is 22.7. The number of hydrogen-bond donors (Lipinski definition) is 3. The zero-order chi connectivity index (χ0) is 28.6. The Labute approximate surface area is 229 Å². The number of hydrogen-bond acceptors (Lipinski definition) is 6. The minimum absolute atomic E-state index is 0.0485. The number of nitrogens with one attached hydrogen (secondary N) is 3. The fourth-order valence-electron chi connectivity index (χ4n) is 3.91. The first kappa shape index (κ1) is 26.5. The number of pyridine rings is 1. The predicted molar refractivity (Wildman–Crippen MR) is 151 cm³/mol. The largest absolute Gasteiger partial charge is 0.455 e. The molecule has 0 aliphatic heterocycles. The van der Waals surface area contributed by atoms with Crippen LogP contribution in [0.3, 0.4) is 0 Å². The number of aromatic nitrogens is 5. The summed E-state index contributed by atoms with van der Waals surface area (Å²) in [6, 6.07) is 14.5. The highest BCUT2D eigenvalue weighted by molar-refractivity contribution is 5.99. The van der Waals surface area contributed by atoms with Crippen LogP contribution in [0.15, 0.2) is 65.6 Å². The van der Waals surface area contributed by atoms with Crippen molar-refractivity contribution in [2.75, 3.05) is 10.6 Å². The molecule has 0 saturated heterocycles. The van der Waals surface area contributed by atoms with Gasteiger partial charge in [-0.05, 0) is 38.1 Å². The lowest BCUT2D eigenvalue weighted by Crippen LogP contribution is -2.22. The van der Waals surface area contributed by atoms with Crippen LogP contribution in [0.1, 0.15) is 37.7 Å². The molecule has 5 rings (SSSR count). The minimum atomic E-state index is -0.712. The van der Waals surface area contributed by atoms with E-state index in [0.717, 1.165) is 23.0 Å². The van der Waals surface area contributed by atoms with Gasteiger partial charge in [0.05, 0.1) is 17.1 Å². The standard InChI is InChI=1S/C29H28FN7O3/c1-16-6-8-18(9-7-16)37-24(15-23(36-37)29(3,4)5)34-28(39)33-21-11-10-19(14-20(21)30)40-22-12-13-31-26-25(22)35-27(38)17(2)32-26/h6-15H,1-5H3,(H,35,38)(H2,33,34,39). The lowest BCUT2D eigenvalue weighted by molar-refractivity contribution is 0.262. The number of nitrogens with zero attached hydrogens (tertiary/aromatic N) is 4. The van der Waals surface area contributed by atoms with E-state index in [1.54, 1.807) is 17.7 Å². The molecule has 0 aliphatic carbocycles. The van der Waals surface area contributed by atoms with Crippen LogP contribution in [0.4, 0.5) is 20.7 Å². The number of anilines is 2. The highest BCUT2D eigenvalue weighted by atomic mass is 19.1. The first-order valence-electron chi connectivity index (χ1n) is 12.6. The summed E-state index contributed by atoms with van der Waals surface area (Å²) in [5.41, 5.74) is 2.84. The predicted octanol–water partition coefficient (Wildman–Crippen LogP) is 5.99. The van der Waals surface area contributed by atoms with Gasteiger partial charge in [-0.15, -0.1) is 0 Å². The molecule has 0 spiro atoms. The van der Waals surface area contributed by atoms with Crippen LogP contribution in [0, 0.1) is 19.7 Å². The lowest BCUT2D eigenvalue weighted by Gasteiger charge is -2.14. The van der Waals surface area contributed by atoms with Gasteiger partial charge in [0.15, 0.2) is 11.4 Å². The van der Waals surface area contributed by atoms with Crippen LogP contribution in [0.25, 0.3) is 16.9 Å². The smallest absolute Gasteiger partial charge is 0.324 e. The number of H-pyrrole nitrogens is 1. The molecule has 0 saturated carbocycles. The van der Waals surface area contributed by atoms with E-state index in [-0.39, 0.29) is 33.9 Å². The van der Waals surface area contributed by atoms with E-state index in [4.69, 9.17) is 9.84 Å². The number of aryl methyl sites for hydroxylation is 2. The number of carbonyl (C=O) groups is 1. The van der Waals surface area contributed by atoms with Crippen LogP contribution in [0.5, 0.6) is 11.5 Å². The van der Waals surface area contributed by atoms with E-state index in [2.05, 4.69) is 25.6 Å². The molecule has 3 heterocycles. The number of halogens is 1. The van der Waals surface area contributed by atoms with Gasteiger partial charge in [-0.1, -0.05) is 38.5 Å². The number of carbonyl (C=O) groups excluding carboxylic acids is 1. The Morgan fingerprint density at radius 3 is 2.48 bits per heavy atom. The van der Waals surface area contributed by atoms with Crippen LogP contribution < -0.4 is 20.9 Å². The number of aromatic amines is 1. The third-order valence-electron chi connectivity index (χ3n) is 6.15. The Morgan fingerprint density at radius 2 is 1.77 bits per heavy atom. The number of ether oxygens (including phenoxy) is 1. The molecule has 0 unspecified atom stereocenters. The molecule has 0 aliphatic rings. The second kappa shape index (κ2) is 10.3. The topological polar surface area (TPSA) is 127 Å². The molecule has 204 valence electrons. The van der Waals surface area contributed by atoms with Crippen LogP contribution >= 0.6 is 0 Å². The number of rotatable bonds is 5. The van der Waals surface area contributed by atoms with Gasteiger partial charge in [0, 0.05) is 29.8 Å². The summed E-state index contributed by atoms with van der Waals surface area (Å²) in [5, 5.41) is 10.0. The molecule has 40 heavy (non-hydrogen) atoms. The van der Waals surface area contributed by atoms with E-state index in [0.29, 0.717) is 17.0 Å². The van der Waals surface area contributed by atoms with Crippen LogP contribution in [0.2, 0.25) is 0 Å². The van der Waals surface area contributed by atoms with Gasteiger partial charge in [0.2, 0.25) is 0 Å². The Bertz CT molecular complexity index is 1790. The number of benzene rings is 2. The minimum Gasteiger partial charge on any atom is -0.455 e. The molecular formula is C29H28FN7O3. The van der Waals surface area contributed by atoms with Gasteiger partial charge < -0.3 is 15.0 Å².